The van der Waals surface area contributed by atoms with Crippen LogP contribution in [0.3, 0.4) is 0 Å². The fraction of sp³-hybridized carbons (Fsp3) is 0.200. The first-order valence-electron chi connectivity index (χ1n) is 6.32. The SMILES string of the molecule is CC(Cc1ccccc1)NC(=O)c1cc(F)cnc1N. The van der Waals surface area contributed by atoms with Crippen LogP contribution in [0.1, 0.15) is 22.8 Å². The van der Waals surface area contributed by atoms with Gasteiger partial charge in [0, 0.05) is 6.04 Å². The van der Waals surface area contributed by atoms with E-state index in [1.54, 1.807) is 0 Å². The molecule has 0 saturated carbocycles. The second kappa shape index (κ2) is 6.14. The number of nitrogens with zero attached hydrogens (tertiary/aromatic N) is 1. The molecule has 0 aliphatic rings. The Morgan fingerprint density at radius 3 is 2.80 bits per heavy atom. The maximum absolute atomic E-state index is 13.1. The number of hydrogen-bond acceptors (Lipinski definition) is 3. The summed E-state index contributed by atoms with van der Waals surface area (Å²) in [6.07, 6.45) is 1.68. The summed E-state index contributed by atoms with van der Waals surface area (Å²) in [7, 11) is 0. The van der Waals surface area contributed by atoms with Crippen LogP contribution >= 0.6 is 0 Å². The fourth-order valence-corrected chi connectivity index (χ4v) is 1.95. The molecule has 1 aromatic carbocycles. The predicted molar refractivity (Wildman–Crippen MR) is 75.7 cm³/mol. The molecule has 1 heterocycles. The first kappa shape index (κ1) is 14.0. The molecule has 0 aliphatic heterocycles. The monoisotopic (exact) mass is 273 g/mol. The van der Waals surface area contributed by atoms with Gasteiger partial charge in [0.1, 0.15) is 11.6 Å². The molecule has 20 heavy (non-hydrogen) atoms. The van der Waals surface area contributed by atoms with Gasteiger partial charge in [-0.25, -0.2) is 9.37 Å². The number of pyridine rings is 1. The topological polar surface area (TPSA) is 68.0 Å². The zero-order valence-electron chi connectivity index (χ0n) is 11.1. The minimum absolute atomic E-state index is 0.0239. The molecule has 5 heteroatoms. The van der Waals surface area contributed by atoms with Crippen LogP contribution in [0.15, 0.2) is 42.6 Å². The largest absolute Gasteiger partial charge is 0.383 e. The third kappa shape index (κ3) is 3.54. The molecule has 0 saturated heterocycles. The highest BCUT2D eigenvalue weighted by atomic mass is 19.1. The second-order valence-electron chi connectivity index (χ2n) is 4.65. The van der Waals surface area contributed by atoms with E-state index in [-0.39, 0.29) is 17.4 Å². The van der Waals surface area contributed by atoms with E-state index in [0.717, 1.165) is 17.8 Å². The summed E-state index contributed by atoms with van der Waals surface area (Å²) in [5.74, 6) is -0.978. The number of hydrogen-bond donors (Lipinski definition) is 2. The molecule has 0 bridgehead atoms. The van der Waals surface area contributed by atoms with Gasteiger partial charge in [0.05, 0.1) is 11.8 Å². The molecule has 0 fully saturated rings. The van der Waals surface area contributed by atoms with Gasteiger partial charge in [-0.05, 0) is 25.0 Å². The molecule has 0 aliphatic carbocycles. The van der Waals surface area contributed by atoms with Gasteiger partial charge in [-0.1, -0.05) is 30.3 Å². The number of carbonyl (C=O) groups is 1. The van der Waals surface area contributed by atoms with Gasteiger partial charge >= 0.3 is 0 Å². The van der Waals surface area contributed by atoms with Crippen molar-refractivity contribution in [3.05, 3.63) is 59.5 Å². The van der Waals surface area contributed by atoms with Gasteiger partial charge in [-0.15, -0.1) is 0 Å². The number of halogens is 1. The van der Waals surface area contributed by atoms with Crippen LogP contribution in [-0.4, -0.2) is 16.9 Å². The minimum Gasteiger partial charge on any atom is -0.383 e. The van der Waals surface area contributed by atoms with Crippen molar-refractivity contribution in [1.82, 2.24) is 10.3 Å². The zero-order valence-corrected chi connectivity index (χ0v) is 11.1. The van der Waals surface area contributed by atoms with E-state index in [1.165, 1.54) is 0 Å². The summed E-state index contributed by atoms with van der Waals surface area (Å²) < 4.78 is 13.1. The molecule has 2 aromatic rings. The smallest absolute Gasteiger partial charge is 0.255 e. The lowest BCUT2D eigenvalue weighted by molar-refractivity contribution is 0.0940. The van der Waals surface area contributed by atoms with Crippen molar-refractivity contribution in [1.29, 1.82) is 0 Å². The minimum atomic E-state index is -0.583. The standard InChI is InChI=1S/C15H16FN3O/c1-10(7-11-5-3-2-4-6-11)19-15(20)13-8-12(16)9-18-14(13)17/h2-6,8-10H,7H2,1H3,(H2,17,18)(H,19,20). The first-order valence-corrected chi connectivity index (χ1v) is 6.32. The first-order chi connectivity index (χ1) is 9.56. The number of benzene rings is 1. The average molecular weight is 273 g/mol. The molecule has 1 amide bonds. The van der Waals surface area contributed by atoms with E-state index < -0.39 is 11.7 Å². The Bertz CT molecular complexity index is 601. The quantitative estimate of drug-likeness (QED) is 0.897. The van der Waals surface area contributed by atoms with Crippen LogP contribution in [0.25, 0.3) is 0 Å². The molecule has 3 N–H and O–H groups in total. The Morgan fingerprint density at radius 2 is 2.10 bits per heavy atom. The molecule has 104 valence electrons. The Balaban J connectivity index is 2.02. The van der Waals surface area contributed by atoms with Crippen molar-refractivity contribution < 1.29 is 9.18 Å². The number of nitrogens with two attached hydrogens (primary N) is 1. The average Bonchev–Trinajstić information content (AvgIpc) is 2.42. The Hall–Kier alpha value is -2.43. The van der Waals surface area contributed by atoms with Crippen molar-refractivity contribution >= 4 is 11.7 Å². The number of carbonyl (C=O) groups excluding carboxylic acids is 1. The normalized spacial score (nSPS) is 11.9. The second-order valence-corrected chi connectivity index (χ2v) is 4.65. The van der Waals surface area contributed by atoms with Crippen molar-refractivity contribution in [3.8, 4) is 0 Å². The van der Waals surface area contributed by atoms with E-state index in [2.05, 4.69) is 10.3 Å². The van der Waals surface area contributed by atoms with Gasteiger partial charge in [-0.3, -0.25) is 4.79 Å². The van der Waals surface area contributed by atoms with Crippen LogP contribution < -0.4 is 11.1 Å². The molecule has 0 spiro atoms. The number of nitrogen functional groups attached to an aromatic ring is 1. The lowest BCUT2D eigenvalue weighted by Crippen LogP contribution is -2.34. The summed E-state index contributed by atoms with van der Waals surface area (Å²) in [6, 6.07) is 10.8. The Kier molecular flexibility index (Phi) is 4.30. The summed E-state index contributed by atoms with van der Waals surface area (Å²) in [5, 5.41) is 2.79. The summed E-state index contributed by atoms with van der Waals surface area (Å²) in [5.41, 5.74) is 6.76. The predicted octanol–water partition coefficient (Wildman–Crippen LogP) is 2.16. The summed E-state index contributed by atoms with van der Waals surface area (Å²) in [4.78, 5) is 15.7. The van der Waals surface area contributed by atoms with Gasteiger partial charge in [-0.2, -0.15) is 0 Å². The lowest BCUT2D eigenvalue weighted by atomic mass is 10.1. The van der Waals surface area contributed by atoms with Crippen molar-refractivity contribution in [2.24, 2.45) is 0 Å². The maximum atomic E-state index is 13.1. The highest BCUT2D eigenvalue weighted by Gasteiger charge is 2.14. The van der Waals surface area contributed by atoms with E-state index in [0.29, 0.717) is 6.42 Å². The van der Waals surface area contributed by atoms with Crippen molar-refractivity contribution in [3.63, 3.8) is 0 Å². The van der Waals surface area contributed by atoms with E-state index in [1.807, 2.05) is 37.3 Å². The summed E-state index contributed by atoms with van der Waals surface area (Å²) in [6.45, 7) is 1.88. The summed E-state index contributed by atoms with van der Waals surface area (Å²) >= 11 is 0. The molecule has 0 radical (unpaired) electrons. The Labute approximate surface area is 116 Å². The number of rotatable bonds is 4. The molecule has 1 aromatic heterocycles. The van der Waals surface area contributed by atoms with Gasteiger partial charge in [0.25, 0.3) is 5.91 Å². The number of anilines is 1. The molecular formula is C15H16FN3O. The molecular weight excluding hydrogens is 257 g/mol. The van der Waals surface area contributed by atoms with Gasteiger partial charge in [0.15, 0.2) is 0 Å². The third-order valence-electron chi connectivity index (χ3n) is 2.89. The lowest BCUT2D eigenvalue weighted by Gasteiger charge is -2.14. The third-order valence-corrected chi connectivity index (χ3v) is 2.89. The van der Waals surface area contributed by atoms with Gasteiger partial charge in [0.2, 0.25) is 0 Å². The van der Waals surface area contributed by atoms with Crippen LogP contribution in [0, 0.1) is 5.82 Å². The molecule has 1 atom stereocenters. The van der Waals surface area contributed by atoms with Crippen LogP contribution in [0.2, 0.25) is 0 Å². The Morgan fingerprint density at radius 1 is 1.40 bits per heavy atom. The van der Waals surface area contributed by atoms with E-state index in [9.17, 15) is 9.18 Å². The highest BCUT2D eigenvalue weighted by Crippen LogP contribution is 2.10. The number of nitrogens with one attached hydrogen (secondary N) is 1. The van der Waals surface area contributed by atoms with Crippen LogP contribution in [0.5, 0.6) is 0 Å². The maximum Gasteiger partial charge on any atom is 0.255 e. The highest BCUT2D eigenvalue weighted by molar-refractivity contribution is 5.98. The van der Waals surface area contributed by atoms with Crippen molar-refractivity contribution in [2.45, 2.75) is 19.4 Å². The van der Waals surface area contributed by atoms with E-state index in [4.69, 9.17) is 5.73 Å². The number of amides is 1. The van der Waals surface area contributed by atoms with Crippen LogP contribution in [-0.2, 0) is 6.42 Å². The van der Waals surface area contributed by atoms with E-state index >= 15 is 0 Å². The molecule has 4 nitrogen and oxygen atoms in total. The number of aromatic nitrogens is 1. The molecule has 1 unspecified atom stereocenters. The van der Waals surface area contributed by atoms with Gasteiger partial charge < -0.3 is 11.1 Å². The van der Waals surface area contributed by atoms with Crippen molar-refractivity contribution in [2.75, 3.05) is 5.73 Å². The van der Waals surface area contributed by atoms with Crippen LogP contribution in [0.4, 0.5) is 10.2 Å². The molecule has 2 rings (SSSR count). The fourth-order valence-electron chi connectivity index (χ4n) is 1.95. The zero-order chi connectivity index (χ0) is 14.5.